The normalized spacial score (nSPS) is 22.8. The summed E-state index contributed by atoms with van der Waals surface area (Å²) in [5, 5.41) is 10.9. The van der Waals surface area contributed by atoms with Crippen molar-refractivity contribution in [2.75, 3.05) is 32.2 Å². The number of hydrogen-bond acceptors (Lipinski definition) is 6. The van der Waals surface area contributed by atoms with Crippen LogP contribution in [0.1, 0.15) is 0 Å². The summed E-state index contributed by atoms with van der Waals surface area (Å²) in [7, 11) is 3.10. The molecule has 7 nitrogen and oxygen atoms in total. The Morgan fingerprint density at radius 3 is 2.47 bits per heavy atom. The third kappa shape index (κ3) is 2.64. The Balaban J connectivity index is 2.30. The van der Waals surface area contributed by atoms with E-state index in [-0.39, 0.29) is 23.7 Å². The van der Waals surface area contributed by atoms with Gasteiger partial charge in [0.05, 0.1) is 17.2 Å². The van der Waals surface area contributed by atoms with Crippen molar-refractivity contribution in [3.63, 3.8) is 0 Å². The molecule has 19 heavy (non-hydrogen) atoms. The zero-order valence-corrected chi connectivity index (χ0v) is 10.6. The molecule has 2 atom stereocenters. The lowest BCUT2D eigenvalue weighted by Crippen LogP contribution is -2.27. The van der Waals surface area contributed by atoms with Crippen LogP contribution < -0.4 is 4.90 Å². The van der Waals surface area contributed by atoms with E-state index in [0.717, 1.165) is 12.3 Å². The third-order valence-corrected chi connectivity index (χ3v) is 3.13. The van der Waals surface area contributed by atoms with Gasteiger partial charge in [0.2, 0.25) is 5.82 Å². The van der Waals surface area contributed by atoms with Crippen molar-refractivity contribution in [3.05, 3.63) is 28.2 Å². The number of halogens is 1. The molecule has 104 valence electrons. The number of rotatable bonds is 4. The minimum Gasteiger partial charge on any atom is -0.377 e. The Hall–Kier alpha value is -1.80. The molecular weight excluding hydrogens is 257 g/mol. The highest BCUT2D eigenvalue weighted by molar-refractivity contribution is 5.58. The lowest BCUT2D eigenvalue weighted by Gasteiger charge is -2.16. The molecule has 0 spiro atoms. The van der Waals surface area contributed by atoms with Gasteiger partial charge in [-0.25, -0.2) is 9.37 Å². The van der Waals surface area contributed by atoms with E-state index in [2.05, 4.69) is 4.98 Å². The number of methoxy groups -OCH3 is 2. The minimum atomic E-state index is -0.735. The van der Waals surface area contributed by atoms with E-state index in [9.17, 15) is 14.5 Å². The molecule has 0 radical (unpaired) electrons. The number of ether oxygens (including phenoxy) is 2. The fourth-order valence-electron chi connectivity index (χ4n) is 2.17. The van der Waals surface area contributed by atoms with Crippen LogP contribution in [0.25, 0.3) is 0 Å². The number of pyridine rings is 1. The van der Waals surface area contributed by atoms with Crippen molar-refractivity contribution in [1.82, 2.24) is 4.98 Å². The van der Waals surface area contributed by atoms with Crippen LogP contribution in [0.15, 0.2) is 12.3 Å². The summed E-state index contributed by atoms with van der Waals surface area (Å²) in [5.74, 6) is -0.603. The standard InChI is InChI=1S/C11H14FN3O4/c1-18-9-5-14(6-10(9)19-2)11-8(15(16)17)3-7(12)4-13-11/h3-4,9-10H,5-6H2,1-2H3/t9-,10+. The monoisotopic (exact) mass is 271 g/mol. The van der Waals surface area contributed by atoms with E-state index >= 15 is 0 Å². The summed E-state index contributed by atoms with van der Waals surface area (Å²) >= 11 is 0. The second-order valence-corrected chi connectivity index (χ2v) is 4.21. The first-order valence-electron chi connectivity index (χ1n) is 5.67. The molecule has 0 N–H and O–H groups in total. The van der Waals surface area contributed by atoms with Gasteiger partial charge >= 0.3 is 5.69 Å². The smallest absolute Gasteiger partial charge is 0.314 e. The number of nitro groups is 1. The topological polar surface area (TPSA) is 77.7 Å². The molecule has 0 aromatic carbocycles. The van der Waals surface area contributed by atoms with E-state index in [1.54, 1.807) is 19.1 Å². The highest BCUT2D eigenvalue weighted by Gasteiger charge is 2.36. The van der Waals surface area contributed by atoms with E-state index in [1.807, 2.05) is 0 Å². The summed E-state index contributed by atoms with van der Waals surface area (Å²) in [6, 6.07) is 0.865. The molecule has 1 aromatic rings. The highest BCUT2D eigenvalue weighted by Crippen LogP contribution is 2.30. The van der Waals surface area contributed by atoms with E-state index < -0.39 is 10.7 Å². The number of anilines is 1. The van der Waals surface area contributed by atoms with Crippen LogP contribution in [0.5, 0.6) is 0 Å². The average Bonchev–Trinajstić information content (AvgIpc) is 2.81. The zero-order valence-electron chi connectivity index (χ0n) is 10.6. The van der Waals surface area contributed by atoms with Gasteiger partial charge in [0.25, 0.3) is 0 Å². The predicted molar refractivity (Wildman–Crippen MR) is 64.7 cm³/mol. The number of hydrogen-bond donors (Lipinski definition) is 0. The van der Waals surface area contributed by atoms with Crippen LogP contribution >= 0.6 is 0 Å². The molecule has 0 unspecified atom stereocenters. The Bertz CT molecular complexity index is 473. The number of nitrogens with zero attached hydrogens (tertiary/aromatic N) is 3. The molecule has 1 aliphatic rings. The Kier molecular flexibility index (Phi) is 3.91. The highest BCUT2D eigenvalue weighted by atomic mass is 19.1. The largest absolute Gasteiger partial charge is 0.377 e. The second kappa shape index (κ2) is 5.45. The van der Waals surface area contributed by atoms with Crippen molar-refractivity contribution in [3.8, 4) is 0 Å². The minimum absolute atomic E-state index is 0.132. The van der Waals surface area contributed by atoms with E-state index in [0.29, 0.717) is 13.1 Å². The van der Waals surface area contributed by atoms with E-state index in [1.165, 1.54) is 0 Å². The first-order chi connectivity index (χ1) is 9.06. The van der Waals surface area contributed by atoms with E-state index in [4.69, 9.17) is 9.47 Å². The van der Waals surface area contributed by atoms with Gasteiger partial charge in [0.1, 0.15) is 18.0 Å². The van der Waals surface area contributed by atoms with Gasteiger partial charge in [0.15, 0.2) is 0 Å². The number of aromatic nitrogens is 1. The third-order valence-electron chi connectivity index (χ3n) is 3.13. The molecule has 2 rings (SSSR count). The first-order valence-corrected chi connectivity index (χ1v) is 5.67. The molecule has 0 saturated carbocycles. The summed E-state index contributed by atoms with van der Waals surface area (Å²) in [6.45, 7) is 0.822. The summed E-state index contributed by atoms with van der Waals surface area (Å²) in [5.41, 5.74) is -0.355. The Morgan fingerprint density at radius 2 is 2.00 bits per heavy atom. The fraction of sp³-hybridized carbons (Fsp3) is 0.545. The Labute approximate surface area is 109 Å². The van der Waals surface area contributed by atoms with Crippen LogP contribution in [0.3, 0.4) is 0 Å². The maximum atomic E-state index is 13.0. The van der Waals surface area contributed by atoms with Crippen LogP contribution in [0, 0.1) is 15.9 Å². The van der Waals surface area contributed by atoms with Crippen LogP contribution in [0.4, 0.5) is 15.9 Å². The fourth-order valence-corrected chi connectivity index (χ4v) is 2.17. The van der Waals surface area contributed by atoms with Crippen LogP contribution in [-0.4, -0.2) is 49.4 Å². The molecule has 0 amide bonds. The Morgan fingerprint density at radius 1 is 1.42 bits per heavy atom. The van der Waals surface area contributed by atoms with Crippen LogP contribution in [-0.2, 0) is 9.47 Å². The predicted octanol–water partition coefficient (Wildman–Crippen LogP) is 0.979. The van der Waals surface area contributed by atoms with Crippen molar-refractivity contribution in [2.24, 2.45) is 0 Å². The van der Waals surface area contributed by atoms with Gasteiger partial charge in [-0.05, 0) is 0 Å². The zero-order chi connectivity index (χ0) is 14.0. The molecular formula is C11H14FN3O4. The average molecular weight is 271 g/mol. The van der Waals surface area contributed by atoms with Crippen molar-refractivity contribution < 1.29 is 18.8 Å². The van der Waals surface area contributed by atoms with Gasteiger partial charge in [-0.2, -0.15) is 0 Å². The van der Waals surface area contributed by atoms with Gasteiger partial charge in [-0.15, -0.1) is 0 Å². The second-order valence-electron chi connectivity index (χ2n) is 4.21. The molecule has 2 heterocycles. The summed E-state index contributed by atoms with van der Waals surface area (Å²) in [6.07, 6.45) is 0.567. The summed E-state index contributed by atoms with van der Waals surface area (Å²) < 4.78 is 23.5. The lowest BCUT2D eigenvalue weighted by molar-refractivity contribution is -0.384. The molecule has 1 fully saturated rings. The van der Waals surface area contributed by atoms with Gasteiger partial charge in [-0.3, -0.25) is 10.1 Å². The molecule has 1 aliphatic heterocycles. The van der Waals surface area contributed by atoms with Gasteiger partial charge in [-0.1, -0.05) is 0 Å². The van der Waals surface area contributed by atoms with Crippen molar-refractivity contribution in [1.29, 1.82) is 0 Å². The molecule has 0 aliphatic carbocycles. The molecule has 1 aromatic heterocycles. The first kappa shape index (κ1) is 13.6. The maximum absolute atomic E-state index is 13.0. The van der Waals surface area contributed by atoms with Gasteiger partial charge < -0.3 is 14.4 Å². The maximum Gasteiger partial charge on any atom is 0.314 e. The van der Waals surface area contributed by atoms with Crippen LogP contribution in [0.2, 0.25) is 0 Å². The molecule has 0 bridgehead atoms. The summed E-state index contributed by atoms with van der Waals surface area (Å²) in [4.78, 5) is 15.8. The van der Waals surface area contributed by atoms with Gasteiger partial charge in [0, 0.05) is 27.3 Å². The molecule has 1 saturated heterocycles. The SMILES string of the molecule is CO[C@H]1CN(c2ncc(F)cc2[N+](=O)[O-])C[C@H]1OC. The lowest BCUT2D eigenvalue weighted by atomic mass is 10.3. The quantitative estimate of drug-likeness (QED) is 0.600. The van der Waals surface area contributed by atoms with Crippen molar-refractivity contribution >= 4 is 11.5 Å². The van der Waals surface area contributed by atoms with Crippen molar-refractivity contribution in [2.45, 2.75) is 12.2 Å². The molecule has 8 heteroatoms.